The van der Waals surface area contributed by atoms with E-state index in [-0.39, 0.29) is 0 Å². The summed E-state index contributed by atoms with van der Waals surface area (Å²) in [6.07, 6.45) is 8.62. The molecule has 0 aromatic carbocycles. The van der Waals surface area contributed by atoms with E-state index in [1.807, 2.05) is 13.8 Å². The Bertz CT molecular complexity index is 297. The van der Waals surface area contributed by atoms with Crippen molar-refractivity contribution < 1.29 is 5.11 Å². The molecule has 0 aromatic heterocycles. The molecule has 2 unspecified atom stereocenters. The average Bonchev–Trinajstić information content (AvgIpc) is 2.49. The topological polar surface area (TPSA) is 20.2 Å². The Kier molecular flexibility index (Phi) is 2.94. The minimum Gasteiger partial charge on any atom is -0.390 e. The normalized spacial score (nSPS) is 40.2. The first-order chi connectivity index (χ1) is 7.36. The molecule has 0 radical (unpaired) electrons. The summed E-state index contributed by atoms with van der Waals surface area (Å²) in [5.41, 5.74) is 1.42. The van der Waals surface area contributed by atoms with E-state index in [2.05, 4.69) is 19.9 Å². The largest absolute Gasteiger partial charge is 0.390 e. The summed E-state index contributed by atoms with van der Waals surface area (Å²) in [5, 5.41) is 10.4. The van der Waals surface area contributed by atoms with Crippen LogP contribution in [0.3, 0.4) is 0 Å². The van der Waals surface area contributed by atoms with Gasteiger partial charge < -0.3 is 5.11 Å². The van der Waals surface area contributed by atoms with Crippen molar-refractivity contribution in [3.05, 3.63) is 11.6 Å². The van der Waals surface area contributed by atoms with Crippen LogP contribution < -0.4 is 0 Å². The van der Waals surface area contributed by atoms with Crippen LogP contribution in [0, 0.1) is 17.3 Å². The lowest BCUT2D eigenvalue weighted by atomic mass is 9.60. The molecule has 0 saturated heterocycles. The van der Waals surface area contributed by atoms with Crippen molar-refractivity contribution in [2.45, 2.75) is 65.4 Å². The SMILES string of the molecule is CC1=CCC2(CC1)C(C(C)(C)O)CC[C@H]2C. The standard InChI is InChI=1S/C15H26O/c1-11-7-9-15(10-8-11)12(2)5-6-13(15)14(3,4)16/h7,12-13,16H,5-6,8-10H2,1-4H3/t12-,13?,15?/m1/s1. The summed E-state index contributed by atoms with van der Waals surface area (Å²) in [6, 6.07) is 0. The van der Waals surface area contributed by atoms with Gasteiger partial charge in [-0.1, -0.05) is 18.6 Å². The first-order valence-corrected chi connectivity index (χ1v) is 6.74. The molecule has 1 fully saturated rings. The van der Waals surface area contributed by atoms with Gasteiger partial charge in [-0.2, -0.15) is 0 Å². The summed E-state index contributed by atoms with van der Waals surface area (Å²) >= 11 is 0. The van der Waals surface area contributed by atoms with Crippen LogP contribution in [0.5, 0.6) is 0 Å². The van der Waals surface area contributed by atoms with Crippen molar-refractivity contribution in [2.75, 3.05) is 0 Å². The van der Waals surface area contributed by atoms with Crippen LogP contribution in [-0.4, -0.2) is 10.7 Å². The molecule has 0 heterocycles. The molecule has 0 amide bonds. The molecule has 1 nitrogen and oxygen atoms in total. The zero-order chi connectivity index (χ0) is 12.0. The smallest absolute Gasteiger partial charge is 0.0625 e. The number of allylic oxidation sites excluding steroid dienone is 2. The summed E-state index contributed by atoms with van der Waals surface area (Å²) in [4.78, 5) is 0. The third-order valence-electron chi connectivity index (χ3n) is 5.23. The third-order valence-corrected chi connectivity index (χ3v) is 5.23. The predicted molar refractivity (Wildman–Crippen MR) is 68.2 cm³/mol. The summed E-state index contributed by atoms with van der Waals surface area (Å²) in [5.74, 6) is 1.26. The minimum absolute atomic E-state index is 0.387. The quantitative estimate of drug-likeness (QED) is 0.667. The minimum atomic E-state index is -0.510. The predicted octanol–water partition coefficient (Wildman–Crippen LogP) is 3.92. The molecule has 3 atom stereocenters. The van der Waals surface area contributed by atoms with Crippen molar-refractivity contribution >= 4 is 0 Å². The summed E-state index contributed by atoms with van der Waals surface area (Å²) < 4.78 is 0. The molecule has 2 aliphatic carbocycles. The van der Waals surface area contributed by atoms with Crippen molar-refractivity contribution in [3.8, 4) is 0 Å². The fourth-order valence-electron chi connectivity index (χ4n) is 4.15. The second-order valence-electron chi connectivity index (χ2n) is 6.67. The number of hydrogen-bond acceptors (Lipinski definition) is 1. The van der Waals surface area contributed by atoms with Gasteiger partial charge in [-0.3, -0.25) is 0 Å². The maximum Gasteiger partial charge on any atom is 0.0625 e. The molecule has 16 heavy (non-hydrogen) atoms. The molecule has 0 aliphatic heterocycles. The van der Waals surface area contributed by atoms with Gasteiger partial charge in [0, 0.05) is 0 Å². The Morgan fingerprint density at radius 2 is 2.06 bits per heavy atom. The van der Waals surface area contributed by atoms with Crippen molar-refractivity contribution in [3.63, 3.8) is 0 Å². The van der Waals surface area contributed by atoms with Crippen LogP contribution >= 0.6 is 0 Å². The van der Waals surface area contributed by atoms with E-state index in [0.29, 0.717) is 11.3 Å². The highest BCUT2D eigenvalue weighted by Gasteiger charge is 2.52. The van der Waals surface area contributed by atoms with E-state index in [1.165, 1.54) is 32.1 Å². The van der Waals surface area contributed by atoms with E-state index in [9.17, 15) is 5.11 Å². The van der Waals surface area contributed by atoms with Gasteiger partial charge in [0.2, 0.25) is 0 Å². The summed E-state index contributed by atoms with van der Waals surface area (Å²) in [7, 11) is 0. The van der Waals surface area contributed by atoms with Crippen LogP contribution in [0.15, 0.2) is 11.6 Å². The fourth-order valence-corrected chi connectivity index (χ4v) is 4.15. The van der Waals surface area contributed by atoms with Crippen LogP contribution in [-0.2, 0) is 0 Å². The van der Waals surface area contributed by atoms with Crippen LogP contribution in [0.1, 0.15) is 59.8 Å². The molecular formula is C15H26O. The highest BCUT2D eigenvalue weighted by atomic mass is 16.3. The molecule has 1 N–H and O–H groups in total. The van der Waals surface area contributed by atoms with Crippen molar-refractivity contribution in [2.24, 2.45) is 17.3 Å². The van der Waals surface area contributed by atoms with Gasteiger partial charge in [-0.05, 0) is 70.1 Å². The second-order valence-corrected chi connectivity index (χ2v) is 6.67. The lowest BCUT2D eigenvalue weighted by Gasteiger charge is -2.46. The highest BCUT2D eigenvalue weighted by molar-refractivity contribution is 5.13. The van der Waals surface area contributed by atoms with Gasteiger partial charge in [-0.15, -0.1) is 0 Å². The van der Waals surface area contributed by atoms with Gasteiger partial charge >= 0.3 is 0 Å². The molecule has 0 aromatic rings. The number of hydrogen-bond donors (Lipinski definition) is 1. The Balaban J connectivity index is 2.29. The van der Waals surface area contributed by atoms with Crippen molar-refractivity contribution in [1.82, 2.24) is 0 Å². The lowest BCUT2D eigenvalue weighted by molar-refractivity contribution is -0.0507. The first-order valence-electron chi connectivity index (χ1n) is 6.74. The molecule has 2 rings (SSSR count). The Morgan fingerprint density at radius 1 is 1.38 bits per heavy atom. The number of rotatable bonds is 1. The third kappa shape index (κ3) is 1.84. The highest BCUT2D eigenvalue weighted by Crippen LogP contribution is 2.58. The Morgan fingerprint density at radius 3 is 2.56 bits per heavy atom. The van der Waals surface area contributed by atoms with E-state index in [4.69, 9.17) is 0 Å². The first kappa shape index (κ1) is 12.2. The number of aliphatic hydroxyl groups is 1. The Labute approximate surface area is 99.9 Å². The van der Waals surface area contributed by atoms with Gasteiger partial charge in [0.05, 0.1) is 5.60 Å². The molecule has 1 saturated carbocycles. The van der Waals surface area contributed by atoms with Crippen LogP contribution in [0.4, 0.5) is 0 Å². The maximum atomic E-state index is 10.4. The van der Waals surface area contributed by atoms with E-state index < -0.39 is 5.60 Å². The van der Waals surface area contributed by atoms with E-state index in [1.54, 1.807) is 5.57 Å². The van der Waals surface area contributed by atoms with Gasteiger partial charge in [-0.25, -0.2) is 0 Å². The zero-order valence-corrected chi connectivity index (χ0v) is 11.2. The molecule has 0 bridgehead atoms. The zero-order valence-electron chi connectivity index (χ0n) is 11.2. The van der Waals surface area contributed by atoms with Gasteiger partial charge in [0.15, 0.2) is 0 Å². The van der Waals surface area contributed by atoms with Gasteiger partial charge in [0.25, 0.3) is 0 Å². The molecular weight excluding hydrogens is 196 g/mol. The van der Waals surface area contributed by atoms with Crippen molar-refractivity contribution in [1.29, 1.82) is 0 Å². The molecule has 2 aliphatic rings. The Hall–Kier alpha value is -0.300. The summed E-state index contributed by atoms with van der Waals surface area (Å²) in [6.45, 7) is 8.64. The van der Waals surface area contributed by atoms with E-state index in [0.717, 1.165) is 5.92 Å². The van der Waals surface area contributed by atoms with Crippen LogP contribution in [0.2, 0.25) is 0 Å². The molecule has 1 heteroatoms. The molecule has 1 spiro atoms. The lowest BCUT2D eigenvalue weighted by Crippen LogP contribution is -2.43. The molecule has 92 valence electrons. The second kappa shape index (κ2) is 3.87. The van der Waals surface area contributed by atoms with Crippen LogP contribution in [0.25, 0.3) is 0 Å². The fraction of sp³-hybridized carbons (Fsp3) is 0.867. The van der Waals surface area contributed by atoms with E-state index >= 15 is 0 Å². The monoisotopic (exact) mass is 222 g/mol. The average molecular weight is 222 g/mol. The van der Waals surface area contributed by atoms with Gasteiger partial charge in [0.1, 0.15) is 0 Å². The maximum absolute atomic E-state index is 10.4.